The van der Waals surface area contributed by atoms with E-state index in [1.165, 1.54) is 5.56 Å². The molecule has 0 bridgehead atoms. The highest BCUT2D eigenvalue weighted by Crippen LogP contribution is 2.37. The molecule has 0 amide bonds. The zero-order valence-electron chi connectivity index (χ0n) is 17.0. The molecule has 1 N–H and O–H groups in total. The van der Waals surface area contributed by atoms with Gasteiger partial charge in [-0.2, -0.15) is 0 Å². The summed E-state index contributed by atoms with van der Waals surface area (Å²) in [6, 6.07) is 24.9. The zero-order valence-corrected chi connectivity index (χ0v) is 17.8. The Balaban J connectivity index is 1.56. The molecule has 29 heavy (non-hydrogen) atoms. The van der Waals surface area contributed by atoms with Crippen molar-refractivity contribution in [2.75, 3.05) is 7.11 Å². The molecule has 1 atom stereocenters. The van der Waals surface area contributed by atoms with Crippen molar-refractivity contribution in [1.82, 2.24) is 5.32 Å². The lowest BCUT2D eigenvalue weighted by Gasteiger charge is -2.17. The highest BCUT2D eigenvalue weighted by molar-refractivity contribution is 6.32. The van der Waals surface area contributed by atoms with Gasteiger partial charge >= 0.3 is 0 Å². The second-order valence-electron chi connectivity index (χ2n) is 7.19. The predicted molar refractivity (Wildman–Crippen MR) is 120 cm³/mol. The first-order valence-electron chi connectivity index (χ1n) is 9.96. The molecule has 3 aromatic rings. The number of hydrogen-bond donors (Lipinski definition) is 1. The molecule has 0 spiro atoms. The Morgan fingerprint density at radius 3 is 2.21 bits per heavy atom. The lowest BCUT2D eigenvalue weighted by atomic mass is 10.1. The van der Waals surface area contributed by atoms with Crippen LogP contribution in [0.2, 0.25) is 5.02 Å². The molecule has 152 valence electrons. The van der Waals surface area contributed by atoms with Gasteiger partial charge in [0, 0.05) is 12.6 Å². The molecule has 0 saturated heterocycles. The summed E-state index contributed by atoms with van der Waals surface area (Å²) >= 11 is 6.50. The van der Waals surface area contributed by atoms with Gasteiger partial charge in [-0.15, -0.1) is 0 Å². The largest absolute Gasteiger partial charge is 0.493 e. The second-order valence-corrected chi connectivity index (χ2v) is 7.60. The molecule has 0 aliphatic carbocycles. The number of halogens is 1. The average molecular weight is 410 g/mol. The van der Waals surface area contributed by atoms with Crippen LogP contribution in [0, 0.1) is 0 Å². The van der Waals surface area contributed by atoms with E-state index in [-0.39, 0.29) is 0 Å². The number of aryl methyl sites for hydroxylation is 1. The van der Waals surface area contributed by atoms with Crippen LogP contribution in [0.1, 0.15) is 30.0 Å². The van der Waals surface area contributed by atoms with Crippen molar-refractivity contribution < 1.29 is 9.47 Å². The third kappa shape index (κ3) is 6.52. The number of hydrogen-bond acceptors (Lipinski definition) is 3. The first kappa shape index (κ1) is 21.2. The SMILES string of the molecule is COc1cc(CNC(C)CCc2ccccc2)cc(Cl)c1OCc1ccccc1. The van der Waals surface area contributed by atoms with Crippen molar-refractivity contribution in [3.05, 3.63) is 94.5 Å². The van der Waals surface area contributed by atoms with Crippen molar-refractivity contribution in [3.63, 3.8) is 0 Å². The van der Waals surface area contributed by atoms with Gasteiger partial charge in [0.2, 0.25) is 0 Å². The fourth-order valence-electron chi connectivity index (χ4n) is 3.17. The number of rotatable bonds is 10. The molecular formula is C25H28ClNO2. The third-order valence-corrected chi connectivity index (χ3v) is 5.16. The standard InChI is InChI=1S/C25H28ClNO2/c1-19(13-14-20-9-5-3-6-10-20)27-17-22-15-23(26)25(24(16-22)28-2)29-18-21-11-7-4-8-12-21/h3-12,15-16,19,27H,13-14,17-18H2,1-2H3. The van der Waals surface area contributed by atoms with Gasteiger partial charge in [-0.3, -0.25) is 0 Å². The van der Waals surface area contributed by atoms with E-state index in [0.717, 1.165) is 30.5 Å². The lowest BCUT2D eigenvalue weighted by molar-refractivity contribution is 0.284. The van der Waals surface area contributed by atoms with Gasteiger partial charge < -0.3 is 14.8 Å². The van der Waals surface area contributed by atoms with E-state index in [1.54, 1.807) is 7.11 Å². The van der Waals surface area contributed by atoms with Crippen LogP contribution in [0.4, 0.5) is 0 Å². The maximum absolute atomic E-state index is 6.50. The van der Waals surface area contributed by atoms with Crippen molar-refractivity contribution in [3.8, 4) is 11.5 Å². The van der Waals surface area contributed by atoms with E-state index in [0.29, 0.717) is 29.2 Å². The minimum atomic E-state index is 0.397. The van der Waals surface area contributed by atoms with Crippen LogP contribution in [-0.2, 0) is 19.6 Å². The smallest absolute Gasteiger partial charge is 0.180 e. The highest BCUT2D eigenvalue weighted by Gasteiger charge is 2.13. The quantitative estimate of drug-likeness (QED) is 0.443. The second kappa shape index (κ2) is 10.9. The van der Waals surface area contributed by atoms with Crippen molar-refractivity contribution in [1.29, 1.82) is 0 Å². The fraction of sp³-hybridized carbons (Fsp3) is 0.280. The molecule has 0 aliphatic heterocycles. The summed E-state index contributed by atoms with van der Waals surface area (Å²) in [4.78, 5) is 0. The van der Waals surface area contributed by atoms with Gasteiger partial charge in [-0.05, 0) is 48.6 Å². The molecular weight excluding hydrogens is 382 g/mol. The van der Waals surface area contributed by atoms with Crippen molar-refractivity contribution in [2.45, 2.75) is 39.0 Å². The summed E-state index contributed by atoms with van der Waals surface area (Å²) < 4.78 is 11.5. The number of benzene rings is 3. The van der Waals surface area contributed by atoms with Crippen LogP contribution < -0.4 is 14.8 Å². The molecule has 1 unspecified atom stereocenters. The van der Waals surface area contributed by atoms with E-state index < -0.39 is 0 Å². The molecule has 0 radical (unpaired) electrons. The summed E-state index contributed by atoms with van der Waals surface area (Å²) in [6.07, 6.45) is 2.14. The third-order valence-electron chi connectivity index (χ3n) is 4.88. The van der Waals surface area contributed by atoms with E-state index in [4.69, 9.17) is 21.1 Å². The normalized spacial score (nSPS) is 11.8. The van der Waals surface area contributed by atoms with Crippen LogP contribution >= 0.6 is 11.6 Å². The zero-order chi connectivity index (χ0) is 20.5. The number of methoxy groups -OCH3 is 1. The van der Waals surface area contributed by atoms with Gasteiger partial charge in [0.15, 0.2) is 11.5 Å². The lowest BCUT2D eigenvalue weighted by Crippen LogP contribution is -2.26. The molecule has 3 nitrogen and oxygen atoms in total. The molecule has 0 heterocycles. The van der Waals surface area contributed by atoms with Gasteiger partial charge in [0.05, 0.1) is 12.1 Å². The van der Waals surface area contributed by atoms with Gasteiger partial charge in [-0.25, -0.2) is 0 Å². The Morgan fingerprint density at radius 2 is 1.55 bits per heavy atom. The highest BCUT2D eigenvalue weighted by atomic mass is 35.5. The number of nitrogens with one attached hydrogen (secondary N) is 1. The van der Waals surface area contributed by atoms with E-state index in [1.807, 2.05) is 42.5 Å². The summed E-state index contributed by atoms with van der Waals surface area (Å²) in [5.74, 6) is 1.24. The van der Waals surface area contributed by atoms with Gasteiger partial charge in [0.25, 0.3) is 0 Å². The molecule has 0 fully saturated rings. The summed E-state index contributed by atoms with van der Waals surface area (Å²) in [7, 11) is 1.64. The van der Waals surface area contributed by atoms with E-state index >= 15 is 0 Å². The minimum Gasteiger partial charge on any atom is -0.493 e. The van der Waals surface area contributed by atoms with Crippen molar-refractivity contribution in [2.24, 2.45) is 0 Å². The summed E-state index contributed by atoms with van der Waals surface area (Å²) in [6.45, 7) is 3.38. The van der Waals surface area contributed by atoms with E-state index in [2.05, 4.69) is 42.6 Å². The molecule has 3 aromatic carbocycles. The molecule has 0 aromatic heterocycles. The van der Waals surface area contributed by atoms with E-state index in [9.17, 15) is 0 Å². The Kier molecular flexibility index (Phi) is 7.97. The average Bonchev–Trinajstić information content (AvgIpc) is 2.76. The Bertz CT molecular complexity index is 884. The van der Waals surface area contributed by atoms with Crippen molar-refractivity contribution >= 4 is 11.6 Å². The summed E-state index contributed by atoms with van der Waals surface area (Å²) in [5.41, 5.74) is 3.53. The van der Waals surface area contributed by atoms with Gasteiger partial charge in [0.1, 0.15) is 6.61 Å². The van der Waals surface area contributed by atoms with Crippen LogP contribution in [0.25, 0.3) is 0 Å². The van der Waals surface area contributed by atoms with Crippen LogP contribution in [0.5, 0.6) is 11.5 Å². The predicted octanol–water partition coefficient (Wildman–Crippen LogP) is 6.04. The topological polar surface area (TPSA) is 30.5 Å². The van der Waals surface area contributed by atoms with Crippen LogP contribution in [0.3, 0.4) is 0 Å². The first-order valence-corrected chi connectivity index (χ1v) is 10.3. The molecule has 4 heteroatoms. The molecule has 3 rings (SSSR count). The maximum atomic E-state index is 6.50. The minimum absolute atomic E-state index is 0.397. The monoisotopic (exact) mass is 409 g/mol. The molecule has 0 aliphatic rings. The van der Waals surface area contributed by atoms with Crippen LogP contribution in [0.15, 0.2) is 72.8 Å². The Labute approximate surface area is 178 Å². The first-order chi connectivity index (χ1) is 14.2. The summed E-state index contributed by atoms with van der Waals surface area (Å²) in [5, 5.41) is 4.13. The molecule has 0 saturated carbocycles. The Hall–Kier alpha value is -2.49. The fourth-order valence-corrected chi connectivity index (χ4v) is 3.45. The number of ether oxygens (including phenoxy) is 2. The van der Waals surface area contributed by atoms with Gasteiger partial charge in [-0.1, -0.05) is 72.3 Å². The maximum Gasteiger partial charge on any atom is 0.180 e. The Morgan fingerprint density at radius 1 is 0.897 bits per heavy atom. The van der Waals surface area contributed by atoms with Crippen LogP contribution in [-0.4, -0.2) is 13.2 Å².